The van der Waals surface area contributed by atoms with Crippen LogP contribution in [0.1, 0.15) is 24.6 Å². The summed E-state index contributed by atoms with van der Waals surface area (Å²) in [5, 5.41) is 14.3. The number of nitrogens with zero attached hydrogens (tertiary/aromatic N) is 2. The molecule has 17 heavy (non-hydrogen) atoms. The van der Waals surface area contributed by atoms with Crippen LogP contribution in [0.4, 0.5) is 0 Å². The fourth-order valence-electron chi connectivity index (χ4n) is 1.66. The predicted molar refractivity (Wildman–Crippen MR) is 68.0 cm³/mol. The Bertz CT molecular complexity index is 476. The lowest BCUT2D eigenvalue weighted by atomic mass is 10.1. The van der Waals surface area contributed by atoms with Gasteiger partial charge in [0.05, 0.1) is 17.5 Å². The van der Waals surface area contributed by atoms with Crippen molar-refractivity contribution in [2.75, 3.05) is 0 Å². The van der Waals surface area contributed by atoms with E-state index in [0.29, 0.717) is 12.1 Å². The Labute approximate surface area is 101 Å². The average Bonchev–Trinajstić information content (AvgIpc) is 2.86. The van der Waals surface area contributed by atoms with E-state index in [9.17, 15) is 5.11 Å². The van der Waals surface area contributed by atoms with E-state index < -0.39 is 6.10 Å². The van der Waals surface area contributed by atoms with E-state index >= 15 is 0 Å². The molecule has 0 spiro atoms. The van der Waals surface area contributed by atoms with Gasteiger partial charge in [-0.05, 0) is 31.0 Å². The van der Waals surface area contributed by atoms with E-state index in [0.717, 1.165) is 12.1 Å². The molecule has 0 saturated heterocycles. The molecule has 0 amide bonds. The van der Waals surface area contributed by atoms with Gasteiger partial charge in [0.2, 0.25) is 0 Å². The Kier molecular flexibility index (Phi) is 3.73. The minimum absolute atomic E-state index is 0.516. The quantitative estimate of drug-likeness (QED) is 0.799. The lowest BCUT2D eigenvalue weighted by Gasteiger charge is -2.05. The molecule has 1 aromatic heterocycles. The Morgan fingerprint density at radius 3 is 2.76 bits per heavy atom. The van der Waals surface area contributed by atoms with Crippen LogP contribution in [0.15, 0.2) is 55.3 Å². The summed E-state index contributed by atoms with van der Waals surface area (Å²) in [6, 6.07) is 11.7. The molecule has 0 aliphatic rings. The number of hydrogen-bond acceptors (Lipinski definition) is 2. The maximum Gasteiger partial charge on any atom is 0.0981 e. The summed E-state index contributed by atoms with van der Waals surface area (Å²) in [5.41, 5.74) is 1.70. The third-order valence-electron chi connectivity index (χ3n) is 2.62. The molecule has 0 bridgehead atoms. The van der Waals surface area contributed by atoms with Crippen molar-refractivity contribution >= 4 is 0 Å². The number of aliphatic hydroxyl groups excluding tert-OH is 1. The minimum Gasteiger partial charge on any atom is -0.387 e. The van der Waals surface area contributed by atoms with Crippen LogP contribution in [0, 0.1) is 0 Å². The SMILES string of the molecule is C=CCCC(O)c1ccn(-c2ccccc2)n1. The molecule has 1 atom stereocenters. The highest BCUT2D eigenvalue weighted by molar-refractivity contribution is 5.30. The number of benzene rings is 1. The summed E-state index contributed by atoms with van der Waals surface area (Å²) in [7, 11) is 0. The van der Waals surface area contributed by atoms with Gasteiger partial charge in [0.25, 0.3) is 0 Å². The van der Waals surface area contributed by atoms with Gasteiger partial charge >= 0.3 is 0 Å². The maximum absolute atomic E-state index is 9.89. The van der Waals surface area contributed by atoms with Gasteiger partial charge in [0.15, 0.2) is 0 Å². The zero-order valence-corrected chi connectivity index (χ0v) is 9.66. The largest absolute Gasteiger partial charge is 0.387 e. The van der Waals surface area contributed by atoms with E-state index in [1.165, 1.54) is 0 Å². The number of aliphatic hydroxyl groups is 1. The van der Waals surface area contributed by atoms with E-state index in [2.05, 4.69) is 11.7 Å². The van der Waals surface area contributed by atoms with Crippen molar-refractivity contribution < 1.29 is 5.11 Å². The Balaban J connectivity index is 2.13. The third-order valence-corrected chi connectivity index (χ3v) is 2.62. The second-order valence-electron chi connectivity index (χ2n) is 3.90. The second kappa shape index (κ2) is 5.46. The van der Waals surface area contributed by atoms with E-state index in [4.69, 9.17) is 0 Å². The van der Waals surface area contributed by atoms with E-state index in [-0.39, 0.29) is 0 Å². The molecule has 3 heteroatoms. The van der Waals surface area contributed by atoms with Crippen LogP contribution in [0.2, 0.25) is 0 Å². The third kappa shape index (κ3) is 2.82. The monoisotopic (exact) mass is 228 g/mol. The summed E-state index contributed by atoms with van der Waals surface area (Å²) in [6.07, 6.45) is 4.60. The second-order valence-corrected chi connectivity index (χ2v) is 3.90. The van der Waals surface area contributed by atoms with Gasteiger partial charge in [-0.1, -0.05) is 24.3 Å². The summed E-state index contributed by atoms with van der Waals surface area (Å²) >= 11 is 0. The van der Waals surface area contributed by atoms with Crippen LogP contribution in [-0.2, 0) is 0 Å². The van der Waals surface area contributed by atoms with Crippen LogP contribution in [0.25, 0.3) is 5.69 Å². The molecule has 0 aliphatic heterocycles. The topological polar surface area (TPSA) is 38.0 Å². The number of para-hydroxylation sites is 1. The average molecular weight is 228 g/mol. The standard InChI is InChI=1S/C14H16N2O/c1-2-3-9-14(17)13-10-11-16(15-13)12-7-5-4-6-8-12/h2,4-8,10-11,14,17H,1,3,9H2. The first-order valence-electron chi connectivity index (χ1n) is 5.71. The van der Waals surface area contributed by atoms with Crippen molar-refractivity contribution in [2.24, 2.45) is 0 Å². The highest BCUT2D eigenvalue weighted by Gasteiger charge is 2.10. The van der Waals surface area contributed by atoms with Crippen molar-refractivity contribution in [3.05, 3.63) is 60.9 Å². The van der Waals surface area contributed by atoms with Gasteiger partial charge in [0, 0.05) is 6.20 Å². The fourth-order valence-corrected chi connectivity index (χ4v) is 1.66. The Morgan fingerprint density at radius 1 is 1.29 bits per heavy atom. The number of hydrogen-bond donors (Lipinski definition) is 1. The zero-order chi connectivity index (χ0) is 12.1. The Morgan fingerprint density at radius 2 is 2.06 bits per heavy atom. The van der Waals surface area contributed by atoms with Crippen LogP contribution in [0.3, 0.4) is 0 Å². The minimum atomic E-state index is -0.516. The van der Waals surface area contributed by atoms with Crippen molar-refractivity contribution in [1.82, 2.24) is 9.78 Å². The first-order chi connectivity index (χ1) is 8.31. The summed E-state index contributed by atoms with van der Waals surface area (Å²) < 4.78 is 1.77. The molecule has 3 nitrogen and oxygen atoms in total. The first kappa shape index (κ1) is 11.6. The molecule has 88 valence electrons. The molecule has 0 radical (unpaired) electrons. The molecule has 2 rings (SSSR count). The predicted octanol–water partition coefficient (Wildman–Crippen LogP) is 2.87. The number of aromatic nitrogens is 2. The smallest absolute Gasteiger partial charge is 0.0981 e. The van der Waals surface area contributed by atoms with Gasteiger partial charge in [-0.25, -0.2) is 4.68 Å². The van der Waals surface area contributed by atoms with E-state index in [1.54, 1.807) is 10.8 Å². The lowest BCUT2D eigenvalue weighted by Crippen LogP contribution is -2.00. The van der Waals surface area contributed by atoms with Gasteiger partial charge in [-0.3, -0.25) is 0 Å². The van der Waals surface area contributed by atoms with Crippen molar-refractivity contribution in [3.63, 3.8) is 0 Å². The van der Waals surface area contributed by atoms with Gasteiger partial charge < -0.3 is 5.11 Å². The van der Waals surface area contributed by atoms with Crippen LogP contribution in [0.5, 0.6) is 0 Å². The van der Waals surface area contributed by atoms with Crippen LogP contribution >= 0.6 is 0 Å². The van der Waals surface area contributed by atoms with Crippen molar-refractivity contribution in [3.8, 4) is 5.69 Å². The molecular weight excluding hydrogens is 212 g/mol. The normalized spacial score (nSPS) is 12.3. The summed E-state index contributed by atoms with van der Waals surface area (Å²) in [4.78, 5) is 0. The van der Waals surface area contributed by atoms with Gasteiger partial charge in [0.1, 0.15) is 0 Å². The number of rotatable bonds is 5. The van der Waals surface area contributed by atoms with Crippen molar-refractivity contribution in [1.29, 1.82) is 0 Å². The van der Waals surface area contributed by atoms with Crippen LogP contribution in [-0.4, -0.2) is 14.9 Å². The number of allylic oxidation sites excluding steroid dienone is 1. The molecule has 2 aromatic rings. The summed E-state index contributed by atoms with van der Waals surface area (Å²) in [5.74, 6) is 0. The highest BCUT2D eigenvalue weighted by Crippen LogP contribution is 2.17. The fraction of sp³-hybridized carbons (Fsp3) is 0.214. The Hall–Kier alpha value is -1.87. The molecule has 1 aromatic carbocycles. The van der Waals surface area contributed by atoms with E-state index in [1.807, 2.05) is 42.6 Å². The molecule has 1 heterocycles. The van der Waals surface area contributed by atoms with Crippen molar-refractivity contribution in [2.45, 2.75) is 18.9 Å². The first-order valence-corrected chi connectivity index (χ1v) is 5.71. The molecular formula is C14H16N2O. The van der Waals surface area contributed by atoms with Gasteiger partial charge in [-0.2, -0.15) is 5.10 Å². The zero-order valence-electron chi connectivity index (χ0n) is 9.66. The van der Waals surface area contributed by atoms with Gasteiger partial charge in [-0.15, -0.1) is 6.58 Å². The molecule has 0 saturated carbocycles. The lowest BCUT2D eigenvalue weighted by molar-refractivity contribution is 0.163. The molecule has 0 fully saturated rings. The maximum atomic E-state index is 9.89. The highest BCUT2D eigenvalue weighted by atomic mass is 16.3. The van der Waals surface area contributed by atoms with Crippen LogP contribution < -0.4 is 0 Å². The molecule has 1 unspecified atom stereocenters. The molecule has 1 N–H and O–H groups in total. The summed E-state index contributed by atoms with van der Waals surface area (Å²) in [6.45, 7) is 3.64. The molecule has 0 aliphatic carbocycles.